The Balaban J connectivity index is 2.60. The van der Waals surface area contributed by atoms with Gasteiger partial charge in [-0.25, -0.2) is 0 Å². The third kappa shape index (κ3) is 3.12. The Labute approximate surface area is 86.4 Å². The molecule has 0 atom stereocenters. The van der Waals surface area contributed by atoms with E-state index in [9.17, 15) is 0 Å². The lowest BCUT2D eigenvalue weighted by Crippen LogP contribution is -1.97. The fourth-order valence-electron chi connectivity index (χ4n) is 0.936. The number of hydrogen-bond donors (Lipinski definition) is 1. The summed E-state index contributed by atoms with van der Waals surface area (Å²) < 4.78 is 5.74. The maximum atomic E-state index is 8.31. The fourth-order valence-corrected chi connectivity index (χ4v) is 1.41. The topological polar surface area (TPSA) is 29.5 Å². The number of hydrogen-bond acceptors (Lipinski definition) is 2. The van der Waals surface area contributed by atoms with Crippen molar-refractivity contribution in [3.05, 3.63) is 35.4 Å². The Morgan fingerprint density at radius 3 is 2.83 bits per heavy atom. The molecule has 1 aromatic carbocycles. The zero-order chi connectivity index (χ0) is 8.81. The number of benzene rings is 1. The average molecular weight is 275 g/mol. The highest BCUT2D eigenvalue weighted by atomic mass is 127. The fraction of sp³-hybridized carbons (Fsp3) is 0.250. The Morgan fingerprint density at radius 1 is 1.42 bits per heavy atom. The largest absolute Gasteiger partial charge is 0.485 e. The lowest BCUT2D eigenvalue weighted by atomic mass is 10.1. The Kier molecular flexibility index (Phi) is 4.64. The van der Waals surface area contributed by atoms with Gasteiger partial charge in [0.1, 0.15) is 0 Å². The van der Waals surface area contributed by atoms with Crippen molar-refractivity contribution >= 4 is 30.3 Å². The summed E-state index contributed by atoms with van der Waals surface area (Å²) in [7, 11) is 0.719. The van der Waals surface area contributed by atoms with Crippen molar-refractivity contribution in [1.29, 1.82) is 0 Å². The van der Waals surface area contributed by atoms with Gasteiger partial charge < -0.3 is 9.68 Å². The minimum Gasteiger partial charge on any atom is -0.429 e. The first-order valence-corrected chi connectivity index (χ1v) is 5.10. The summed E-state index contributed by atoms with van der Waals surface area (Å²) in [5.74, 6) is 0. The van der Waals surface area contributed by atoms with E-state index in [1.54, 1.807) is 0 Å². The summed E-state index contributed by atoms with van der Waals surface area (Å²) >= 11 is 2.31. The molecule has 0 spiro atoms. The minimum atomic E-state index is 0.432. The predicted octanol–water partition coefficient (Wildman–Crippen LogP) is 1.66. The molecule has 1 aromatic rings. The van der Waals surface area contributed by atoms with Crippen molar-refractivity contribution in [3.8, 4) is 0 Å². The van der Waals surface area contributed by atoms with Crippen LogP contribution in [0.4, 0.5) is 0 Å². The van der Waals surface area contributed by atoms with E-state index in [0.29, 0.717) is 6.61 Å². The molecule has 1 rings (SSSR count). The first kappa shape index (κ1) is 10.0. The molecule has 0 aliphatic carbocycles. The highest BCUT2D eigenvalue weighted by Gasteiger charge is 1.94. The summed E-state index contributed by atoms with van der Waals surface area (Å²) in [6, 6.07) is 8.10. The van der Waals surface area contributed by atoms with Crippen LogP contribution in [-0.4, -0.2) is 12.7 Å². The second kappa shape index (κ2) is 5.56. The van der Waals surface area contributed by atoms with Crippen molar-refractivity contribution in [3.63, 3.8) is 0 Å². The lowest BCUT2D eigenvalue weighted by Gasteiger charge is -2.01. The van der Waals surface area contributed by atoms with Gasteiger partial charge in [-0.1, -0.05) is 46.9 Å². The van der Waals surface area contributed by atoms with E-state index in [1.165, 1.54) is 5.56 Å². The first-order chi connectivity index (χ1) is 5.86. The summed E-state index contributed by atoms with van der Waals surface area (Å²) in [5, 5.41) is 8.31. The SMILES string of the molecule is O[B]OCc1cccc(CI)c1. The molecule has 0 amide bonds. The van der Waals surface area contributed by atoms with Gasteiger partial charge >= 0.3 is 7.69 Å². The molecular weight excluding hydrogens is 266 g/mol. The summed E-state index contributed by atoms with van der Waals surface area (Å²) in [6.07, 6.45) is 0. The normalized spacial score (nSPS) is 9.83. The van der Waals surface area contributed by atoms with Gasteiger partial charge in [0, 0.05) is 4.43 Å². The smallest absolute Gasteiger partial charge is 0.429 e. The van der Waals surface area contributed by atoms with E-state index < -0.39 is 0 Å². The molecule has 1 radical (unpaired) electrons. The Morgan fingerprint density at radius 2 is 2.17 bits per heavy atom. The average Bonchev–Trinajstić information content (AvgIpc) is 2.15. The Hall–Kier alpha value is -0.0651. The zero-order valence-electron chi connectivity index (χ0n) is 6.53. The van der Waals surface area contributed by atoms with Crippen LogP contribution < -0.4 is 0 Å². The molecule has 0 saturated carbocycles. The molecular formula is C8H9BIO2. The molecule has 12 heavy (non-hydrogen) atoms. The molecule has 0 unspecified atom stereocenters. The highest BCUT2D eigenvalue weighted by Crippen LogP contribution is 2.09. The zero-order valence-corrected chi connectivity index (χ0v) is 8.69. The van der Waals surface area contributed by atoms with Crippen molar-refractivity contribution in [2.75, 3.05) is 0 Å². The van der Waals surface area contributed by atoms with E-state index in [1.807, 2.05) is 12.1 Å². The van der Waals surface area contributed by atoms with Gasteiger partial charge in [-0.05, 0) is 11.1 Å². The van der Waals surface area contributed by atoms with Gasteiger partial charge in [-0.3, -0.25) is 0 Å². The molecule has 1 N–H and O–H groups in total. The first-order valence-electron chi connectivity index (χ1n) is 3.58. The van der Waals surface area contributed by atoms with Gasteiger partial charge in [0.15, 0.2) is 0 Å². The monoisotopic (exact) mass is 275 g/mol. The summed E-state index contributed by atoms with van der Waals surface area (Å²) in [4.78, 5) is 0. The van der Waals surface area contributed by atoms with Crippen LogP contribution in [0.25, 0.3) is 0 Å². The molecule has 2 nitrogen and oxygen atoms in total. The number of rotatable bonds is 4. The van der Waals surface area contributed by atoms with E-state index in [4.69, 9.17) is 9.68 Å². The summed E-state index contributed by atoms with van der Waals surface area (Å²) in [6.45, 7) is 0.432. The molecule has 0 aromatic heterocycles. The quantitative estimate of drug-likeness (QED) is 0.514. The second-order valence-corrected chi connectivity index (χ2v) is 3.13. The third-order valence-electron chi connectivity index (χ3n) is 1.47. The second-order valence-electron chi connectivity index (χ2n) is 2.37. The molecule has 0 heterocycles. The van der Waals surface area contributed by atoms with Gasteiger partial charge in [0.25, 0.3) is 0 Å². The van der Waals surface area contributed by atoms with Crippen molar-refractivity contribution < 1.29 is 9.68 Å². The standard InChI is InChI=1S/C8H9BIO2/c10-5-7-2-1-3-8(4-7)6-12-9-11/h1-4,11H,5-6H2. The van der Waals surface area contributed by atoms with Gasteiger partial charge in [-0.2, -0.15) is 0 Å². The van der Waals surface area contributed by atoms with Crippen LogP contribution in [0.3, 0.4) is 0 Å². The predicted molar refractivity (Wildman–Crippen MR) is 56.9 cm³/mol. The number of alkyl halides is 1. The van der Waals surface area contributed by atoms with E-state index in [-0.39, 0.29) is 0 Å². The maximum Gasteiger partial charge on any atom is 0.485 e. The molecule has 63 valence electrons. The van der Waals surface area contributed by atoms with Crippen LogP contribution in [0.2, 0.25) is 0 Å². The summed E-state index contributed by atoms with van der Waals surface area (Å²) in [5.41, 5.74) is 2.35. The minimum absolute atomic E-state index is 0.432. The molecule has 0 aliphatic rings. The third-order valence-corrected chi connectivity index (χ3v) is 2.35. The molecule has 0 saturated heterocycles. The van der Waals surface area contributed by atoms with Crippen LogP contribution in [0.15, 0.2) is 24.3 Å². The van der Waals surface area contributed by atoms with Crippen LogP contribution in [-0.2, 0) is 15.7 Å². The van der Waals surface area contributed by atoms with E-state index >= 15 is 0 Å². The Bertz CT molecular complexity index is 242. The van der Waals surface area contributed by atoms with E-state index in [0.717, 1.165) is 17.7 Å². The van der Waals surface area contributed by atoms with E-state index in [2.05, 4.69) is 34.7 Å². The van der Waals surface area contributed by atoms with Crippen LogP contribution in [0, 0.1) is 0 Å². The lowest BCUT2D eigenvalue weighted by molar-refractivity contribution is 0.273. The highest BCUT2D eigenvalue weighted by molar-refractivity contribution is 14.1. The van der Waals surface area contributed by atoms with Gasteiger partial charge in [0.05, 0.1) is 6.61 Å². The molecule has 0 bridgehead atoms. The van der Waals surface area contributed by atoms with Gasteiger partial charge in [0.2, 0.25) is 0 Å². The maximum absolute atomic E-state index is 8.31. The number of halogens is 1. The molecule has 0 fully saturated rings. The van der Waals surface area contributed by atoms with Gasteiger partial charge in [-0.15, -0.1) is 0 Å². The molecule has 4 heteroatoms. The van der Waals surface area contributed by atoms with Crippen LogP contribution in [0.5, 0.6) is 0 Å². The van der Waals surface area contributed by atoms with Crippen molar-refractivity contribution in [1.82, 2.24) is 0 Å². The molecule has 0 aliphatic heterocycles. The van der Waals surface area contributed by atoms with Crippen LogP contribution in [0.1, 0.15) is 11.1 Å². The van der Waals surface area contributed by atoms with Crippen molar-refractivity contribution in [2.45, 2.75) is 11.0 Å². The van der Waals surface area contributed by atoms with Crippen LogP contribution >= 0.6 is 22.6 Å². The van der Waals surface area contributed by atoms with Crippen molar-refractivity contribution in [2.24, 2.45) is 0 Å².